The molecular weight excluding hydrogens is 289 g/mol. The molecule has 0 heterocycles. The fourth-order valence-corrected chi connectivity index (χ4v) is 3.80. The summed E-state index contributed by atoms with van der Waals surface area (Å²) in [5, 5.41) is 5.03. The Balaban J connectivity index is 2.03. The van der Waals surface area contributed by atoms with Crippen molar-refractivity contribution in [3.63, 3.8) is 0 Å². The molecule has 0 amide bonds. The van der Waals surface area contributed by atoms with Gasteiger partial charge in [0, 0.05) is 16.1 Å². The minimum atomic E-state index is 0.520. The minimum Gasteiger partial charge on any atom is -0.316 e. The van der Waals surface area contributed by atoms with Crippen molar-refractivity contribution in [2.75, 3.05) is 7.05 Å². The van der Waals surface area contributed by atoms with Gasteiger partial charge < -0.3 is 5.32 Å². The Bertz CT molecular complexity index is 411. The number of halogens is 2. The highest BCUT2D eigenvalue weighted by Gasteiger charge is 2.21. The zero-order valence-electron chi connectivity index (χ0n) is 12.3. The van der Waals surface area contributed by atoms with Gasteiger partial charge >= 0.3 is 0 Å². The summed E-state index contributed by atoms with van der Waals surface area (Å²) >= 11 is 12.3. The topological polar surface area (TPSA) is 12.0 Å². The third-order valence-corrected chi connectivity index (χ3v) is 5.13. The molecule has 0 saturated heterocycles. The molecule has 1 saturated carbocycles. The molecule has 1 aromatic carbocycles. The van der Waals surface area contributed by atoms with Crippen molar-refractivity contribution >= 4 is 23.2 Å². The molecule has 0 bridgehead atoms. The Hall–Kier alpha value is -0.240. The number of hydrogen-bond donors (Lipinski definition) is 1. The summed E-state index contributed by atoms with van der Waals surface area (Å²) in [5.74, 6) is 0.770. The van der Waals surface area contributed by atoms with Gasteiger partial charge in [-0.05, 0) is 49.9 Å². The van der Waals surface area contributed by atoms with Gasteiger partial charge in [0.2, 0.25) is 0 Å². The summed E-state index contributed by atoms with van der Waals surface area (Å²) in [6, 6.07) is 6.38. The van der Waals surface area contributed by atoms with Crippen LogP contribution in [-0.2, 0) is 6.42 Å². The number of benzene rings is 1. The van der Waals surface area contributed by atoms with Crippen molar-refractivity contribution in [1.29, 1.82) is 0 Å². The summed E-state index contributed by atoms with van der Waals surface area (Å²) in [6.45, 7) is 0. The molecule has 1 aliphatic carbocycles. The van der Waals surface area contributed by atoms with Gasteiger partial charge in [-0.2, -0.15) is 0 Å². The highest BCUT2D eigenvalue weighted by Crippen LogP contribution is 2.29. The number of nitrogens with one attached hydrogen (secondary N) is 1. The predicted molar refractivity (Wildman–Crippen MR) is 88.8 cm³/mol. The fourth-order valence-electron chi connectivity index (χ4n) is 3.32. The van der Waals surface area contributed by atoms with Crippen LogP contribution < -0.4 is 5.32 Å². The molecule has 2 rings (SSSR count). The highest BCUT2D eigenvalue weighted by molar-refractivity contribution is 6.35. The molecule has 1 atom stereocenters. The van der Waals surface area contributed by atoms with Crippen molar-refractivity contribution in [3.05, 3.63) is 33.8 Å². The summed E-state index contributed by atoms with van der Waals surface area (Å²) in [6.07, 6.45) is 10.6. The first-order chi connectivity index (χ1) is 9.70. The van der Waals surface area contributed by atoms with Gasteiger partial charge in [-0.25, -0.2) is 0 Å². The standard InChI is InChI=1S/C17H25Cl2N/c1-20-17(13-7-5-3-2-4-6-8-13)11-14-9-10-15(18)12-16(14)19/h9-10,12-13,17,20H,2-8,11H2,1H3. The van der Waals surface area contributed by atoms with Crippen LogP contribution in [0, 0.1) is 5.92 Å². The van der Waals surface area contributed by atoms with Crippen LogP contribution in [0.1, 0.15) is 50.5 Å². The van der Waals surface area contributed by atoms with E-state index >= 15 is 0 Å². The third-order valence-electron chi connectivity index (χ3n) is 4.54. The molecule has 1 aromatic rings. The Morgan fingerprint density at radius 3 is 2.35 bits per heavy atom. The van der Waals surface area contributed by atoms with Gasteiger partial charge in [0.05, 0.1) is 0 Å². The molecule has 20 heavy (non-hydrogen) atoms. The van der Waals surface area contributed by atoms with Crippen LogP contribution in [0.15, 0.2) is 18.2 Å². The van der Waals surface area contributed by atoms with E-state index in [9.17, 15) is 0 Å². The molecule has 1 fully saturated rings. The normalized spacial score (nSPS) is 19.4. The van der Waals surface area contributed by atoms with Gasteiger partial charge in [-0.1, -0.05) is 61.4 Å². The Morgan fingerprint density at radius 2 is 1.75 bits per heavy atom. The Morgan fingerprint density at radius 1 is 1.10 bits per heavy atom. The van der Waals surface area contributed by atoms with Crippen molar-refractivity contribution < 1.29 is 0 Å². The smallest absolute Gasteiger partial charge is 0.0453 e. The van der Waals surface area contributed by atoms with E-state index in [0.717, 1.165) is 17.4 Å². The van der Waals surface area contributed by atoms with Crippen molar-refractivity contribution in [1.82, 2.24) is 5.32 Å². The maximum atomic E-state index is 6.32. The van der Waals surface area contributed by atoms with Crippen LogP contribution in [0.3, 0.4) is 0 Å². The largest absolute Gasteiger partial charge is 0.316 e. The van der Waals surface area contributed by atoms with Gasteiger partial charge in [0.15, 0.2) is 0 Å². The first-order valence-corrected chi connectivity index (χ1v) is 8.57. The van der Waals surface area contributed by atoms with Gasteiger partial charge in [-0.3, -0.25) is 0 Å². The predicted octanol–water partition coefficient (Wildman–Crippen LogP) is 5.48. The van der Waals surface area contributed by atoms with Crippen molar-refractivity contribution in [3.8, 4) is 0 Å². The molecule has 3 heteroatoms. The maximum absolute atomic E-state index is 6.32. The lowest BCUT2D eigenvalue weighted by molar-refractivity contribution is 0.294. The second kappa shape index (κ2) is 8.26. The van der Waals surface area contributed by atoms with Crippen LogP contribution in [-0.4, -0.2) is 13.1 Å². The minimum absolute atomic E-state index is 0.520. The second-order valence-electron chi connectivity index (χ2n) is 5.94. The van der Waals surface area contributed by atoms with E-state index in [2.05, 4.69) is 18.4 Å². The first kappa shape index (κ1) is 16.1. The number of rotatable bonds is 4. The summed E-state index contributed by atoms with van der Waals surface area (Å²) in [4.78, 5) is 0. The molecule has 0 aromatic heterocycles. The Labute approximate surface area is 133 Å². The fraction of sp³-hybridized carbons (Fsp3) is 0.647. The summed E-state index contributed by atoms with van der Waals surface area (Å²) in [5.41, 5.74) is 1.21. The molecule has 1 unspecified atom stereocenters. The quantitative estimate of drug-likeness (QED) is 0.775. The zero-order valence-corrected chi connectivity index (χ0v) is 13.8. The number of hydrogen-bond acceptors (Lipinski definition) is 1. The molecule has 1 N–H and O–H groups in total. The lowest BCUT2D eigenvalue weighted by Gasteiger charge is -2.29. The second-order valence-corrected chi connectivity index (χ2v) is 6.78. The van der Waals surface area contributed by atoms with Crippen molar-refractivity contribution in [2.45, 2.75) is 57.4 Å². The monoisotopic (exact) mass is 313 g/mol. The van der Waals surface area contributed by atoms with Crippen molar-refractivity contribution in [2.24, 2.45) is 5.92 Å². The lowest BCUT2D eigenvalue weighted by Crippen LogP contribution is -2.36. The Kier molecular flexibility index (Phi) is 6.67. The molecule has 1 nitrogen and oxygen atoms in total. The summed E-state index contributed by atoms with van der Waals surface area (Å²) in [7, 11) is 2.08. The van der Waals surface area contributed by atoms with Gasteiger partial charge in [0.1, 0.15) is 0 Å². The van der Waals surface area contributed by atoms with E-state index in [4.69, 9.17) is 23.2 Å². The van der Waals surface area contributed by atoms with E-state index in [1.54, 1.807) is 0 Å². The van der Waals surface area contributed by atoms with Crippen LogP contribution in [0.2, 0.25) is 10.0 Å². The highest BCUT2D eigenvalue weighted by atomic mass is 35.5. The molecular formula is C17H25Cl2N. The summed E-state index contributed by atoms with van der Waals surface area (Å²) < 4.78 is 0. The lowest BCUT2D eigenvalue weighted by atomic mass is 9.83. The van der Waals surface area contributed by atoms with E-state index < -0.39 is 0 Å². The molecule has 0 aliphatic heterocycles. The van der Waals surface area contributed by atoms with Crippen LogP contribution in [0.5, 0.6) is 0 Å². The SMILES string of the molecule is CNC(Cc1ccc(Cl)cc1Cl)C1CCCCCCC1. The van der Waals surface area contributed by atoms with Gasteiger partial charge in [0.25, 0.3) is 0 Å². The molecule has 112 valence electrons. The third kappa shape index (κ3) is 4.65. The molecule has 1 aliphatic rings. The zero-order chi connectivity index (χ0) is 14.4. The average Bonchev–Trinajstić information content (AvgIpc) is 2.39. The average molecular weight is 314 g/mol. The molecule has 0 spiro atoms. The maximum Gasteiger partial charge on any atom is 0.0453 e. The van der Waals surface area contributed by atoms with Crippen LogP contribution >= 0.6 is 23.2 Å². The van der Waals surface area contributed by atoms with Crippen LogP contribution in [0.4, 0.5) is 0 Å². The van der Waals surface area contributed by atoms with E-state index in [-0.39, 0.29) is 0 Å². The van der Waals surface area contributed by atoms with E-state index in [0.29, 0.717) is 11.1 Å². The van der Waals surface area contributed by atoms with E-state index in [1.807, 2.05) is 12.1 Å². The first-order valence-electron chi connectivity index (χ1n) is 7.82. The van der Waals surface area contributed by atoms with Crippen LogP contribution in [0.25, 0.3) is 0 Å². The van der Waals surface area contributed by atoms with Gasteiger partial charge in [-0.15, -0.1) is 0 Å². The molecule has 0 radical (unpaired) electrons. The number of likely N-dealkylation sites (N-methyl/N-ethyl adjacent to an activating group) is 1. The van der Waals surface area contributed by atoms with E-state index in [1.165, 1.54) is 50.5 Å².